The number of urea groups is 1. The number of thioether (sulfide) groups is 1. The Balaban J connectivity index is 2.62. The molecule has 2 atom stereocenters. The van der Waals surface area contributed by atoms with Gasteiger partial charge < -0.3 is 15.7 Å². The number of aryl methyl sites for hydroxylation is 1. The Morgan fingerprint density at radius 3 is 2.70 bits per heavy atom. The van der Waals surface area contributed by atoms with Crippen molar-refractivity contribution in [2.45, 2.75) is 38.0 Å². The summed E-state index contributed by atoms with van der Waals surface area (Å²) in [5.41, 5.74) is 1.99. The summed E-state index contributed by atoms with van der Waals surface area (Å²) in [6.07, 6.45) is 3.90. The molecule has 0 aliphatic carbocycles. The highest BCUT2D eigenvalue weighted by molar-refractivity contribution is 7.99. The van der Waals surface area contributed by atoms with E-state index in [-0.39, 0.29) is 23.9 Å². The van der Waals surface area contributed by atoms with Crippen LogP contribution in [0.25, 0.3) is 0 Å². The fourth-order valence-corrected chi connectivity index (χ4v) is 2.65. The van der Waals surface area contributed by atoms with E-state index < -0.39 is 0 Å². The van der Waals surface area contributed by atoms with E-state index >= 15 is 0 Å². The first kappa shape index (κ1) is 16.9. The molecule has 0 aliphatic heterocycles. The van der Waals surface area contributed by atoms with E-state index in [2.05, 4.69) is 17.6 Å². The van der Waals surface area contributed by atoms with Gasteiger partial charge in [-0.15, -0.1) is 0 Å². The Morgan fingerprint density at radius 1 is 1.40 bits per heavy atom. The summed E-state index contributed by atoms with van der Waals surface area (Å²) in [5, 5.41) is 15.0. The van der Waals surface area contributed by atoms with Crippen LogP contribution in [0.5, 0.6) is 0 Å². The van der Waals surface area contributed by atoms with Crippen LogP contribution in [0.15, 0.2) is 24.3 Å². The van der Waals surface area contributed by atoms with Crippen molar-refractivity contribution < 1.29 is 9.90 Å². The van der Waals surface area contributed by atoms with Gasteiger partial charge in [-0.3, -0.25) is 0 Å². The number of carbonyl (C=O) groups excluding carboxylic acids is 1. The number of hydrogen-bond acceptors (Lipinski definition) is 3. The lowest BCUT2D eigenvalue weighted by molar-refractivity contribution is 0.243. The highest BCUT2D eigenvalue weighted by atomic mass is 32.2. The maximum absolute atomic E-state index is 12.0. The normalized spacial score (nSPS) is 13.6. The number of aliphatic hydroxyl groups is 1. The molecule has 3 N–H and O–H groups in total. The smallest absolute Gasteiger partial charge is 0.319 e. The molecule has 0 saturated heterocycles. The van der Waals surface area contributed by atoms with E-state index in [1.807, 2.05) is 37.4 Å². The molecular formula is C15H24N2O2S. The van der Waals surface area contributed by atoms with Crippen molar-refractivity contribution in [2.24, 2.45) is 0 Å². The van der Waals surface area contributed by atoms with Gasteiger partial charge in [0.15, 0.2) is 0 Å². The first-order valence-corrected chi connectivity index (χ1v) is 8.20. The second-order valence-electron chi connectivity index (χ2n) is 4.75. The molecule has 0 bridgehead atoms. The number of rotatable bonds is 7. The Hall–Kier alpha value is -1.20. The molecular weight excluding hydrogens is 272 g/mol. The van der Waals surface area contributed by atoms with Crippen LogP contribution in [0.2, 0.25) is 0 Å². The van der Waals surface area contributed by atoms with Crippen LogP contribution >= 0.6 is 11.8 Å². The van der Waals surface area contributed by atoms with Crippen LogP contribution in [-0.2, 0) is 6.42 Å². The fraction of sp³-hybridized carbons (Fsp3) is 0.533. The van der Waals surface area contributed by atoms with E-state index in [9.17, 15) is 9.90 Å². The number of aliphatic hydroxyl groups excluding tert-OH is 1. The summed E-state index contributed by atoms with van der Waals surface area (Å²) >= 11 is 1.55. The van der Waals surface area contributed by atoms with Crippen molar-refractivity contribution in [1.29, 1.82) is 0 Å². The SMILES string of the molecule is CCCc1ccccc1NC(=O)NC(C)C(CO)SC. The van der Waals surface area contributed by atoms with Gasteiger partial charge in [-0.05, 0) is 31.2 Å². The van der Waals surface area contributed by atoms with E-state index in [0.29, 0.717) is 0 Å². The number of carbonyl (C=O) groups is 1. The molecule has 0 aromatic heterocycles. The molecule has 0 heterocycles. The third kappa shape index (κ3) is 5.06. The van der Waals surface area contributed by atoms with Gasteiger partial charge in [0.25, 0.3) is 0 Å². The van der Waals surface area contributed by atoms with Crippen molar-refractivity contribution in [2.75, 3.05) is 18.2 Å². The summed E-state index contributed by atoms with van der Waals surface area (Å²) < 4.78 is 0. The topological polar surface area (TPSA) is 61.4 Å². The molecule has 5 heteroatoms. The molecule has 0 aliphatic rings. The zero-order chi connectivity index (χ0) is 15.0. The molecule has 0 fully saturated rings. The Labute approximate surface area is 125 Å². The van der Waals surface area contributed by atoms with Crippen LogP contribution in [0.4, 0.5) is 10.5 Å². The molecule has 0 radical (unpaired) electrons. The average molecular weight is 296 g/mol. The maximum atomic E-state index is 12.0. The number of anilines is 1. The number of hydrogen-bond donors (Lipinski definition) is 3. The lowest BCUT2D eigenvalue weighted by Gasteiger charge is -2.22. The van der Waals surface area contributed by atoms with Gasteiger partial charge in [0.1, 0.15) is 0 Å². The maximum Gasteiger partial charge on any atom is 0.319 e. The quantitative estimate of drug-likeness (QED) is 0.725. The van der Waals surface area contributed by atoms with E-state index in [4.69, 9.17) is 0 Å². The summed E-state index contributed by atoms with van der Waals surface area (Å²) in [6.45, 7) is 4.06. The van der Waals surface area contributed by atoms with Crippen molar-refractivity contribution in [3.63, 3.8) is 0 Å². The van der Waals surface area contributed by atoms with Gasteiger partial charge in [-0.2, -0.15) is 11.8 Å². The second kappa shape index (κ2) is 8.87. The molecule has 1 aromatic carbocycles. The molecule has 2 unspecified atom stereocenters. The molecule has 4 nitrogen and oxygen atoms in total. The lowest BCUT2D eigenvalue weighted by Crippen LogP contribution is -2.43. The highest BCUT2D eigenvalue weighted by Gasteiger charge is 2.17. The average Bonchev–Trinajstić information content (AvgIpc) is 2.42. The van der Waals surface area contributed by atoms with Crippen LogP contribution in [-0.4, -0.2) is 35.3 Å². The van der Waals surface area contributed by atoms with Gasteiger partial charge in [0.05, 0.1) is 6.61 Å². The molecule has 2 amide bonds. The van der Waals surface area contributed by atoms with Crippen LogP contribution < -0.4 is 10.6 Å². The molecule has 0 saturated carbocycles. The first-order chi connectivity index (χ1) is 9.62. The predicted octanol–water partition coefficient (Wildman–Crippen LogP) is 2.87. The van der Waals surface area contributed by atoms with Crippen LogP contribution in [0, 0.1) is 0 Å². The van der Waals surface area contributed by atoms with E-state index in [0.717, 1.165) is 24.1 Å². The number of nitrogens with one attached hydrogen (secondary N) is 2. The van der Waals surface area contributed by atoms with Gasteiger partial charge >= 0.3 is 6.03 Å². The molecule has 1 aromatic rings. The van der Waals surface area contributed by atoms with Crippen LogP contribution in [0.1, 0.15) is 25.8 Å². The minimum absolute atomic E-state index is 0.00614. The standard InChI is InChI=1S/C15H24N2O2S/c1-4-7-12-8-5-6-9-13(12)17-15(19)16-11(2)14(10-18)20-3/h5-6,8-9,11,14,18H,4,7,10H2,1-3H3,(H2,16,17,19). The minimum Gasteiger partial charge on any atom is -0.395 e. The van der Waals surface area contributed by atoms with Gasteiger partial charge in [0.2, 0.25) is 0 Å². The van der Waals surface area contributed by atoms with E-state index in [1.165, 1.54) is 0 Å². The minimum atomic E-state index is -0.228. The number of benzene rings is 1. The predicted molar refractivity (Wildman–Crippen MR) is 86.4 cm³/mol. The van der Waals surface area contributed by atoms with Crippen molar-refractivity contribution in [3.05, 3.63) is 29.8 Å². The van der Waals surface area contributed by atoms with Crippen molar-refractivity contribution in [1.82, 2.24) is 5.32 Å². The molecule has 20 heavy (non-hydrogen) atoms. The van der Waals surface area contributed by atoms with E-state index in [1.54, 1.807) is 11.8 Å². The zero-order valence-corrected chi connectivity index (χ0v) is 13.2. The van der Waals surface area contributed by atoms with Crippen molar-refractivity contribution >= 4 is 23.5 Å². The lowest BCUT2D eigenvalue weighted by atomic mass is 10.1. The van der Waals surface area contributed by atoms with Crippen molar-refractivity contribution in [3.8, 4) is 0 Å². The van der Waals surface area contributed by atoms with Crippen LogP contribution in [0.3, 0.4) is 0 Å². The zero-order valence-electron chi connectivity index (χ0n) is 12.3. The number of para-hydroxylation sites is 1. The Morgan fingerprint density at radius 2 is 2.10 bits per heavy atom. The monoisotopic (exact) mass is 296 g/mol. The second-order valence-corrected chi connectivity index (χ2v) is 5.83. The third-order valence-corrected chi connectivity index (χ3v) is 4.35. The van der Waals surface area contributed by atoms with Gasteiger partial charge in [-0.25, -0.2) is 4.79 Å². The summed E-state index contributed by atoms with van der Waals surface area (Å²) in [7, 11) is 0. The molecule has 1 rings (SSSR count). The third-order valence-electron chi connectivity index (χ3n) is 3.18. The largest absolute Gasteiger partial charge is 0.395 e. The first-order valence-electron chi connectivity index (χ1n) is 6.91. The Bertz CT molecular complexity index is 422. The Kier molecular flexibility index (Phi) is 7.47. The van der Waals surface area contributed by atoms with Gasteiger partial charge in [-0.1, -0.05) is 31.5 Å². The summed E-state index contributed by atoms with van der Waals surface area (Å²) in [5.74, 6) is 0. The number of amides is 2. The molecule has 0 spiro atoms. The summed E-state index contributed by atoms with van der Waals surface area (Å²) in [6, 6.07) is 7.51. The van der Waals surface area contributed by atoms with Gasteiger partial charge in [0, 0.05) is 17.0 Å². The molecule has 112 valence electrons. The fourth-order valence-electron chi connectivity index (χ4n) is 2.02. The summed E-state index contributed by atoms with van der Waals surface area (Å²) in [4.78, 5) is 12.0. The highest BCUT2D eigenvalue weighted by Crippen LogP contribution is 2.17.